The molecule has 5 nitrogen and oxygen atoms in total. The largest absolute Gasteiger partial charge is 0.320 e. The van der Waals surface area contributed by atoms with E-state index < -0.39 is 16.6 Å². The van der Waals surface area contributed by atoms with Crippen LogP contribution in [0.5, 0.6) is 0 Å². The van der Waals surface area contributed by atoms with Gasteiger partial charge in [0.15, 0.2) is 0 Å². The van der Waals surface area contributed by atoms with Crippen molar-refractivity contribution in [2.24, 2.45) is 0 Å². The summed E-state index contributed by atoms with van der Waals surface area (Å²) in [5.41, 5.74) is 0.132. The van der Waals surface area contributed by atoms with Crippen molar-refractivity contribution in [3.05, 3.63) is 75.1 Å². The molecule has 2 aromatic carbocycles. The molecule has 0 radical (unpaired) electrons. The van der Waals surface area contributed by atoms with Gasteiger partial charge < -0.3 is 5.32 Å². The van der Waals surface area contributed by atoms with E-state index in [1.54, 1.807) is 24.3 Å². The molecule has 0 spiro atoms. The minimum Gasteiger partial charge on any atom is -0.320 e. The van der Waals surface area contributed by atoms with Gasteiger partial charge in [-0.25, -0.2) is 4.39 Å². The van der Waals surface area contributed by atoms with Gasteiger partial charge in [0.25, 0.3) is 5.69 Å². The monoisotopic (exact) mass is 320 g/mol. The van der Waals surface area contributed by atoms with Crippen molar-refractivity contribution in [1.29, 1.82) is 0 Å². The third-order valence-electron chi connectivity index (χ3n) is 2.69. The molecule has 2 rings (SSSR count). The molecule has 1 amide bonds. The van der Waals surface area contributed by atoms with Gasteiger partial charge in [-0.3, -0.25) is 14.9 Å². The molecule has 0 aliphatic heterocycles. The highest BCUT2D eigenvalue weighted by atomic mass is 35.5. The van der Waals surface area contributed by atoms with E-state index in [0.29, 0.717) is 10.6 Å². The lowest BCUT2D eigenvalue weighted by atomic mass is 10.2. The van der Waals surface area contributed by atoms with Crippen LogP contribution in [0.2, 0.25) is 5.02 Å². The van der Waals surface area contributed by atoms with Crippen LogP contribution in [-0.4, -0.2) is 10.8 Å². The third-order valence-corrected chi connectivity index (χ3v) is 2.93. The zero-order chi connectivity index (χ0) is 16.1. The quantitative estimate of drug-likeness (QED) is 0.525. The van der Waals surface area contributed by atoms with Crippen molar-refractivity contribution in [3.63, 3.8) is 0 Å². The molecule has 112 valence electrons. The summed E-state index contributed by atoms with van der Waals surface area (Å²) in [4.78, 5) is 21.7. The minimum absolute atomic E-state index is 0.255. The Balaban J connectivity index is 2.12. The molecule has 0 aliphatic carbocycles. The first-order valence-electron chi connectivity index (χ1n) is 6.14. The van der Waals surface area contributed by atoms with E-state index in [-0.39, 0.29) is 11.4 Å². The van der Waals surface area contributed by atoms with E-state index in [1.807, 2.05) is 0 Å². The van der Waals surface area contributed by atoms with Crippen LogP contribution in [-0.2, 0) is 4.79 Å². The lowest BCUT2D eigenvalue weighted by Crippen LogP contribution is -2.09. The standard InChI is InChI=1S/C15H10ClFN2O3/c16-11-3-1-2-10(8-11)4-7-15(20)18-14-9-12(19(21)22)5-6-13(14)17/h1-9H,(H,18,20)/b7-4+. The number of benzene rings is 2. The molecule has 2 aromatic rings. The van der Waals surface area contributed by atoms with E-state index in [1.165, 1.54) is 12.2 Å². The van der Waals surface area contributed by atoms with Crippen LogP contribution in [0, 0.1) is 15.9 Å². The predicted molar refractivity (Wildman–Crippen MR) is 82.2 cm³/mol. The normalized spacial score (nSPS) is 10.6. The highest BCUT2D eigenvalue weighted by Crippen LogP contribution is 2.21. The fraction of sp³-hybridized carbons (Fsp3) is 0. The topological polar surface area (TPSA) is 72.2 Å². The van der Waals surface area contributed by atoms with Gasteiger partial charge in [-0.15, -0.1) is 0 Å². The van der Waals surface area contributed by atoms with Crippen molar-refractivity contribution >= 4 is 35.0 Å². The van der Waals surface area contributed by atoms with Gasteiger partial charge in [-0.05, 0) is 29.8 Å². The van der Waals surface area contributed by atoms with Crippen LogP contribution >= 0.6 is 11.6 Å². The second-order valence-corrected chi connectivity index (χ2v) is 4.74. The van der Waals surface area contributed by atoms with E-state index >= 15 is 0 Å². The van der Waals surface area contributed by atoms with Gasteiger partial charge in [0.1, 0.15) is 5.82 Å². The number of anilines is 1. The van der Waals surface area contributed by atoms with Crippen LogP contribution < -0.4 is 5.32 Å². The number of carbonyl (C=O) groups is 1. The fourth-order valence-electron chi connectivity index (χ4n) is 1.68. The average molecular weight is 321 g/mol. The first-order chi connectivity index (χ1) is 10.5. The fourth-order valence-corrected chi connectivity index (χ4v) is 1.88. The van der Waals surface area contributed by atoms with Crippen LogP contribution in [0.1, 0.15) is 5.56 Å². The number of nitrogens with zero attached hydrogens (tertiary/aromatic N) is 1. The molecule has 0 saturated carbocycles. The summed E-state index contributed by atoms with van der Waals surface area (Å²) in [7, 11) is 0. The molecule has 0 aromatic heterocycles. The van der Waals surface area contributed by atoms with Gasteiger partial charge in [-0.2, -0.15) is 0 Å². The van der Waals surface area contributed by atoms with Crippen molar-refractivity contribution in [3.8, 4) is 0 Å². The highest BCUT2D eigenvalue weighted by Gasteiger charge is 2.11. The van der Waals surface area contributed by atoms with E-state index in [9.17, 15) is 19.3 Å². The molecule has 0 atom stereocenters. The third kappa shape index (κ3) is 4.13. The molecule has 0 aliphatic rings. The molecular weight excluding hydrogens is 311 g/mol. The van der Waals surface area contributed by atoms with Gasteiger partial charge in [0, 0.05) is 23.2 Å². The second kappa shape index (κ2) is 6.82. The maximum atomic E-state index is 13.5. The molecule has 0 saturated heterocycles. The summed E-state index contributed by atoms with van der Waals surface area (Å²) < 4.78 is 13.5. The van der Waals surface area contributed by atoms with E-state index in [2.05, 4.69) is 5.32 Å². The Morgan fingerprint density at radius 2 is 2.05 bits per heavy atom. The number of nitro benzene ring substituents is 1. The molecule has 22 heavy (non-hydrogen) atoms. The second-order valence-electron chi connectivity index (χ2n) is 4.30. The smallest absolute Gasteiger partial charge is 0.271 e. The first-order valence-corrected chi connectivity index (χ1v) is 6.52. The van der Waals surface area contributed by atoms with Crippen LogP contribution in [0.15, 0.2) is 48.5 Å². The molecule has 7 heteroatoms. The summed E-state index contributed by atoms with van der Waals surface area (Å²) in [5, 5.41) is 13.4. The maximum Gasteiger partial charge on any atom is 0.271 e. The Bertz CT molecular complexity index is 762. The van der Waals surface area contributed by atoms with Crippen molar-refractivity contribution in [2.75, 3.05) is 5.32 Å². The first kappa shape index (κ1) is 15.7. The summed E-state index contributed by atoms with van der Waals surface area (Å²) in [5.74, 6) is -1.37. The summed E-state index contributed by atoms with van der Waals surface area (Å²) in [6, 6.07) is 9.71. The Kier molecular flexibility index (Phi) is 4.85. The zero-order valence-electron chi connectivity index (χ0n) is 11.1. The number of rotatable bonds is 4. The Labute approximate surface area is 130 Å². The number of hydrogen-bond donors (Lipinski definition) is 1. The van der Waals surface area contributed by atoms with Crippen LogP contribution in [0.25, 0.3) is 6.08 Å². The summed E-state index contributed by atoms with van der Waals surface area (Å²) >= 11 is 5.81. The number of carbonyl (C=O) groups excluding carboxylic acids is 1. The molecule has 0 heterocycles. The van der Waals surface area contributed by atoms with Gasteiger partial charge in [-0.1, -0.05) is 23.7 Å². The van der Waals surface area contributed by atoms with Gasteiger partial charge in [0.05, 0.1) is 10.6 Å². The van der Waals surface area contributed by atoms with E-state index in [0.717, 1.165) is 18.2 Å². The average Bonchev–Trinajstić information content (AvgIpc) is 2.47. The van der Waals surface area contributed by atoms with Crippen LogP contribution in [0.4, 0.5) is 15.8 Å². The predicted octanol–water partition coefficient (Wildman–Crippen LogP) is 4.04. The summed E-state index contributed by atoms with van der Waals surface area (Å²) in [6.07, 6.45) is 2.68. The molecule has 0 bridgehead atoms. The Morgan fingerprint density at radius 1 is 1.27 bits per heavy atom. The lowest BCUT2D eigenvalue weighted by Gasteiger charge is -2.03. The summed E-state index contributed by atoms with van der Waals surface area (Å²) in [6.45, 7) is 0. The number of non-ortho nitro benzene ring substituents is 1. The highest BCUT2D eigenvalue weighted by molar-refractivity contribution is 6.30. The van der Waals surface area contributed by atoms with Crippen LogP contribution in [0.3, 0.4) is 0 Å². The maximum absolute atomic E-state index is 13.5. The van der Waals surface area contributed by atoms with Gasteiger partial charge in [0.2, 0.25) is 5.91 Å². The SMILES string of the molecule is O=C(/C=C/c1cccc(Cl)c1)Nc1cc([N+](=O)[O-])ccc1F. The Morgan fingerprint density at radius 3 is 2.73 bits per heavy atom. The number of nitro groups is 1. The molecule has 0 unspecified atom stereocenters. The van der Waals surface area contributed by atoms with Crippen molar-refractivity contribution < 1.29 is 14.1 Å². The van der Waals surface area contributed by atoms with E-state index in [4.69, 9.17) is 11.6 Å². The molecule has 0 fully saturated rings. The van der Waals surface area contributed by atoms with Crippen molar-refractivity contribution in [2.45, 2.75) is 0 Å². The molecular formula is C15H10ClFN2O3. The zero-order valence-corrected chi connectivity index (χ0v) is 11.9. The number of hydrogen-bond acceptors (Lipinski definition) is 3. The van der Waals surface area contributed by atoms with Crippen molar-refractivity contribution in [1.82, 2.24) is 0 Å². The number of nitrogens with one attached hydrogen (secondary N) is 1. The number of halogens is 2. The Hall–Kier alpha value is -2.73. The minimum atomic E-state index is -0.755. The molecule has 1 N–H and O–H groups in total. The van der Waals surface area contributed by atoms with Gasteiger partial charge >= 0.3 is 0 Å². The lowest BCUT2D eigenvalue weighted by molar-refractivity contribution is -0.384. The number of amides is 1.